The molecule has 0 bridgehead atoms. The SMILES string of the molecule is CC(C)CCC[C@@H](C)[C@H]1CC[C@H]2[C@@H]3CC=C4C[C@@H](O)CC(OC(=O)[C@@H](N)CS)[C@]4(C)[C@H]3CC[C@]12C. The van der Waals surface area contributed by atoms with Crippen molar-refractivity contribution in [2.75, 3.05) is 5.75 Å². The molecule has 3 N–H and O–H groups in total. The number of fused-ring (bicyclic) bond motifs is 5. The maximum Gasteiger partial charge on any atom is 0.324 e. The molecule has 10 atom stereocenters. The number of carbonyl (C=O) groups excluding carboxylic acids is 1. The lowest BCUT2D eigenvalue weighted by Crippen LogP contribution is -2.57. The zero-order valence-electron chi connectivity index (χ0n) is 22.8. The Morgan fingerprint density at radius 2 is 1.94 bits per heavy atom. The van der Waals surface area contributed by atoms with Gasteiger partial charge in [0, 0.05) is 17.6 Å². The fourth-order valence-electron chi connectivity index (χ4n) is 9.17. The second kappa shape index (κ2) is 10.7. The Labute approximate surface area is 219 Å². The lowest BCUT2D eigenvalue weighted by Gasteiger charge is -2.60. The third kappa shape index (κ3) is 5.00. The largest absolute Gasteiger partial charge is 0.460 e. The van der Waals surface area contributed by atoms with Gasteiger partial charge >= 0.3 is 5.97 Å². The van der Waals surface area contributed by atoms with Gasteiger partial charge in [0.05, 0.1) is 6.10 Å². The molecule has 35 heavy (non-hydrogen) atoms. The molecule has 3 fully saturated rings. The van der Waals surface area contributed by atoms with Gasteiger partial charge in [-0.15, -0.1) is 0 Å². The van der Waals surface area contributed by atoms with Crippen LogP contribution in [0.5, 0.6) is 0 Å². The van der Waals surface area contributed by atoms with Crippen LogP contribution in [-0.4, -0.2) is 35.1 Å². The Bertz CT molecular complexity index is 798. The van der Waals surface area contributed by atoms with Crippen molar-refractivity contribution in [2.45, 2.75) is 117 Å². The highest BCUT2D eigenvalue weighted by atomic mass is 32.1. The van der Waals surface area contributed by atoms with Crippen molar-refractivity contribution in [2.24, 2.45) is 52.1 Å². The van der Waals surface area contributed by atoms with E-state index in [1.54, 1.807) is 0 Å². The molecule has 200 valence electrons. The molecule has 0 aliphatic heterocycles. The molecule has 4 nitrogen and oxygen atoms in total. The number of esters is 1. The van der Waals surface area contributed by atoms with Crippen LogP contribution in [0, 0.1) is 46.3 Å². The molecule has 5 heteroatoms. The van der Waals surface area contributed by atoms with E-state index < -0.39 is 12.1 Å². The van der Waals surface area contributed by atoms with Gasteiger partial charge < -0.3 is 15.6 Å². The first-order valence-corrected chi connectivity index (χ1v) is 15.1. The number of hydrogen-bond acceptors (Lipinski definition) is 5. The molecule has 0 heterocycles. The molecule has 0 aromatic rings. The summed E-state index contributed by atoms with van der Waals surface area (Å²) in [4.78, 5) is 12.7. The Hall–Kier alpha value is -0.520. The van der Waals surface area contributed by atoms with Gasteiger partial charge in [0.1, 0.15) is 12.1 Å². The van der Waals surface area contributed by atoms with Gasteiger partial charge in [-0.05, 0) is 79.4 Å². The van der Waals surface area contributed by atoms with E-state index in [0.717, 1.165) is 30.1 Å². The number of carbonyl (C=O) groups is 1. The highest BCUT2D eigenvalue weighted by molar-refractivity contribution is 7.80. The molecule has 0 aromatic carbocycles. The molecule has 3 saturated carbocycles. The van der Waals surface area contributed by atoms with Gasteiger partial charge in [-0.3, -0.25) is 4.79 Å². The summed E-state index contributed by atoms with van der Waals surface area (Å²) in [5, 5.41) is 10.7. The minimum Gasteiger partial charge on any atom is -0.460 e. The van der Waals surface area contributed by atoms with Crippen molar-refractivity contribution in [1.29, 1.82) is 0 Å². The Balaban J connectivity index is 1.55. The molecule has 4 aliphatic carbocycles. The highest BCUT2D eigenvalue weighted by Crippen LogP contribution is 2.67. The number of thiol groups is 1. The van der Waals surface area contributed by atoms with Crippen LogP contribution in [0.15, 0.2) is 11.6 Å². The maximum atomic E-state index is 12.7. The van der Waals surface area contributed by atoms with E-state index in [4.69, 9.17) is 10.5 Å². The molecular weight excluding hydrogens is 454 g/mol. The van der Waals surface area contributed by atoms with Crippen molar-refractivity contribution in [1.82, 2.24) is 0 Å². The van der Waals surface area contributed by atoms with Crippen LogP contribution in [0.2, 0.25) is 0 Å². The predicted octanol–water partition coefficient (Wildman–Crippen LogP) is 6.17. The van der Waals surface area contributed by atoms with Crippen molar-refractivity contribution in [3.05, 3.63) is 11.6 Å². The normalized spacial score (nSPS) is 42.5. The first-order chi connectivity index (χ1) is 16.5. The Kier molecular flexibility index (Phi) is 8.40. The van der Waals surface area contributed by atoms with Crippen molar-refractivity contribution >= 4 is 18.6 Å². The summed E-state index contributed by atoms with van der Waals surface area (Å²) in [5.74, 6) is 4.22. The number of nitrogens with two attached hydrogens (primary N) is 1. The molecule has 0 saturated heterocycles. The van der Waals surface area contributed by atoms with Crippen LogP contribution in [0.4, 0.5) is 0 Å². The first kappa shape index (κ1) is 27.5. The third-order valence-corrected chi connectivity index (χ3v) is 11.5. The fourth-order valence-corrected chi connectivity index (χ4v) is 9.32. The average molecular weight is 506 g/mol. The van der Waals surface area contributed by atoms with E-state index in [2.05, 4.69) is 53.3 Å². The third-order valence-electron chi connectivity index (χ3n) is 11.1. The summed E-state index contributed by atoms with van der Waals surface area (Å²) >= 11 is 4.20. The van der Waals surface area contributed by atoms with E-state index in [-0.39, 0.29) is 23.2 Å². The topological polar surface area (TPSA) is 72.5 Å². The zero-order valence-corrected chi connectivity index (χ0v) is 23.7. The van der Waals surface area contributed by atoms with Gasteiger partial charge in [0.25, 0.3) is 0 Å². The molecular formula is C30H51NO3S. The number of aliphatic hydroxyl groups excluding tert-OH is 1. The van der Waals surface area contributed by atoms with Gasteiger partial charge in [-0.25, -0.2) is 0 Å². The van der Waals surface area contributed by atoms with Crippen LogP contribution < -0.4 is 5.73 Å². The van der Waals surface area contributed by atoms with Crippen LogP contribution in [0.1, 0.15) is 98.8 Å². The van der Waals surface area contributed by atoms with Crippen molar-refractivity contribution in [3.63, 3.8) is 0 Å². The molecule has 0 aromatic heterocycles. The summed E-state index contributed by atoms with van der Waals surface area (Å²) < 4.78 is 6.08. The lowest BCUT2D eigenvalue weighted by atomic mass is 9.46. The van der Waals surface area contributed by atoms with Crippen molar-refractivity contribution in [3.8, 4) is 0 Å². The minimum absolute atomic E-state index is 0.198. The highest BCUT2D eigenvalue weighted by Gasteiger charge is 2.61. The van der Waals surface area contributed by atoms with Crippen LogP contribution in [0.3, 0.4) is 0 Å². The fraction of sp³-hybridized carbons (Fsp3) is 0.900. The minimum atomic E-state index is -0.713. The molecule has 4 aliphatic rings. The van der Waals surface area contributed by atoms with E-state index in [1.165, 1.54) is 50.5 Å². The second-order valence-electron chi connectivity index (χ2n) is 13.5. The molecule has 1 unspecified atom stereocenters. The standard InChI is InChI=1S/C30H51NO3S/c1-18(2)7-6-8-19(3)23-11-12-24-22-10-9-20-15-21(32)16-27(34-28(33)26(31)17-35)30(20,5)25(22)13-14-29(23,24)4/h9,18-19,21-27,32,35H,6-8,10-17,31H2,1-5H3/t19-,21-,22+,23-,24+,25+,26+,27?,29-,30+/m1/s1. The van der Waals surface area contributed by atoms with Crippen LogP contribution >= 0.6 is 12.6 Å². The predicted molar refractivity (Wildman–Crippen MR) is 146 cm³/mol. The smallest absolute Gasteiger partial charge is 0.324 e. The molecule has 0 radical (unpaired) electrons. The van der Waals surface area contributed by atoms with E-state index in [9.17, 15) is 9.90 Å². The van der Waals surface area contributed by atoms with E-state index in [0.29, 0.717) is 30.1 Å². The molecule has 4 rings (SSSR count). The Morgan fingerprint density at radius 3 is 2.63 bits per heavy atom. The lowest BCUT2D eigenvalue weighted by molar-refractivity contribution is -0.170. The summed E-state index contributed by atoms with van der Waals surface area (Å²) in [6.45, 7) is 12.1. The van der Waals surface area contributed by atoms with Gasteiger partial charge in [-0.2, -0.15) is 12.6 Å². The Morgan fingerprint density at radius 1 is 1.20 bits per heavy atom. The van der Waals surface area contributed by atoms with Gasteiger partial charge in [0.2, 0.25) is 0 Å². The van der Waals surface area contributed by atoms with Gasteiger partial charge in [-0.1, -0.05) is 65.5 Å². The van der Waals surface area contributed by atoms with E-state index in [1.807, 2.05) is 0 Å². The van der Waals surface area contributed by atoms with Gasteiger partial charge in [0.15, 0.2) is 0 Å². The average Bonchev–Trinajstić information content (AvgIpc) is 3.16. The summed E-state index contributed by atoms with van der Waals surface area (Å²) in [6.07, 6.45) is 13.3. The maximum absolute atomic E-state index is 12.7. The molecule has 0 spiro atoms. The second-order valence-corrected chi connectivity index (χ2v) is 13.8. The number of ether oxygens (including phenoxy) is 1. The molecule has 0 amide bonds. The number of aliphatic hydroxyl groups is 1. The summed E-state index contributed by atoms with van der Waals surface area (Å²) in [6, 6.07) is -0.713. The van der Waals surface area contributed by atoms with Crippen molar-refractivity contribution < 1.29 is 14.6 Å². The quantitative estimate of drug-likeness (QED) is 0.210. The number of rotatable bonds is 8. The summed E-state index contributed by atoms with van der Waals surface area (Å²) in [5.41, 5.74) is 7.51. The monoisotopic (exact) mass is 505 g/mol. The van der Waals surface area contributed by atoms with Crippen LogP contribution in [0.25, 0.3) is 0 Å². The first-order valence-electron chi connectivity index (χ1n) is 14.5. The van der Waals surface area contributed by atoms with E-state index >= 15 is 0 Å². The zero-order chi connectivity index (χ0) is 25.5. The van der Waals surface area contributed by atoms with Crippen LogP contribution in [-0.2, 0) is 9.53 Å². The summed E-state index contributed by atoms with van der Waals surface area (Å²) in [7, 11) is 0. The number of hydrogen-bond donors (Lipinski definition) is 3. The number of allylic oxidation sites excluding steroid dienone is 1.